The van der Waals surface area contributed by atoms with E-state index in [0.717, 1.165) is 12.8 Å². The molecule has 1 aliphatic carbocycles. The van der Waals surface area contributed by atoms with Gasteiger partial charge in [-0.2, -0.15) is 0 Å². The largest absolute Gasteiger partial charge is 0.384 e. The van der Waals surface area contributed by atoms with Gasteiger partial charge in [-0.05, 0) is 37.2 Å². The predicted molar refractivity (Wildman–Crippen MR) is 74.9 cm³/mol. The van der Waals surface area contributed by atoms with Crippen LogP contribution in [-0.4, -0.2) is 19.4 Å². The van der Waals surface area contributed by atoms with Gasteiger partial charge in [0.1, 0.15) is 5.82 Å². The van der Waals surface area contributed by atoms with Gasteiger partial charge in [0.05, 0.1) is 4.90 Å². The summed E-state index contributed by atoms with van der Waals surface area (Å²) in [4.78, 5) is 4.00. The third kappa shape index (κ3) is 3.67. The molecule has 2 unspecified atom stereocenters. The van der Waals surface area contributed by atoms with Crippen LogP contribution < -0.4 is 10.5 Å². The zero-order chi connectivity index (χ0) is 14.0. The van der Waals surface area contributed by atoms with Crippen LogP contribution in [-0.2, 0) is 10.0 Å². The summed E-state index contributed by atoms with van der Waals surface area (Å²) < 4.78 is 27.3. The van der Waals surface area contributed by atoms with E-state index in [2.05, 4.69) is 23.6 Å². The molecule has 0 aromatic carbocycles. The van der Waals surface area contributed by atoms with Crippen LogP contribution in [0.3, 0.4) is 0 Å². The fraction of sp³-hybridized carbons (Fsp3) is 0.615. The molecule has 1 heterocycles. The fourth-order valence-electron chi connectivity index (χ4n) is 2.93. The molecule has 2 rings (SSSR count). The van der Waals surface area contributed by atoms with Crippen molar-refractivity contribution < 1.29 is 8.42 Å². The van der Waals surface area contributed by atoms with Crippen molar-refractivity contribution in [3.8, 4) is 0 Å². The first-order valence-electron chi connectivity index (χ1n) is 6.60. The zero-order valence-electron chi connectivity index (χ0n) is 11.3. The van der Waals surface area contributed by atoms with Gasteiger partial charge in [-0.25, -0.2) is 18.1 Å². The maximum atomic E-state index is 12.3. The Hall–Kier alpha value is -1.14. The van der Waals surface area contributed by atoms with E-state index in [0.29, 0.717) is 11.8 Å². The molecule has 0 bridgehead atoms. The first kappa shape index (κ1) is 14.3. The molecule has 1 aliphatic rings. The SMILES string of the molecule is CC1CC(C)CC(NS(=O)(=O)c2ccnc(N)c2)C1. The number of nitrogens with two attached hydrogens (primary N) is 1. The number of hydrogen-bond donors (Lipinski definition) is 2. The van der Waals surface area contributed by atoms with Gasteiger partial charge in [-0.1, -0.05) is 13.8 Å². The lowest BCUT2D eigenvalue weighted by Crippen LogP contribution is -2.40. The first-order valence-corrected chi connectivity index (χ1v) is 8.09. The maximum absolute atomic E-state index is 12.3. The van der Waals surface area contributed by atoms with E-state index in [9.17, 15) is 8.42 Å². The molecule has 0 aliphatic heterocycles. The first-order chi connectivity index (χ1) is 8.87. The number of sulfonamides is 1. The van der Waals surface area contributed by atoms with Crippen LogP contribution in [0.1, 0.15) is 33.1 Å². The van der Waals surface area contributed by atoms with E-state index >= 15 is 0 Å². The third-order valence-electron chi connectivity index (χ3n) is 3.56. The van der Waals surface area contributed by atoms with Gasteiger partial charge in [0, 0.05) is 18.3 Å². The second kappa shape index (κ2) is 5.46. The van der Waals surface area contributed by atoms with Crippen LogP contribution >= 0.6 is 0 Å². The van der Waals surface area contributed by atoms with E-state index in [1.165, 1.54) is 24.8 Å². The molecular weight excluding hydrogens is 262 g/mol. The summed E-state index contributed by atoms with van der Waals surface area (Å²) in [6.07, 6.45) is 4.37. The molecule has 6 heteroatoms. The number of pyridine rings is 1. The summed E-state index contributed by atoms with van der Waals surface area (Å²) in [5.41, 5.74) is 5.53. The quantitative estimate of drug-likeness (QED) is 0.885. The molecule has 1 saturated carbocycles. The van der Waals surface area contributed by atoms with Gasteiger partial charge in [0.25, 0.3) is 0 Å². The highest BCUT2D eigenvalue weighted by atomic mass is 32.2. The Kier molecular flexibility index (Phi) is 4.10. The van der Waals surface area contributed by atoms with Gasteiger partial charge in [-0.3, -0.25) is 0 Å². The smallest absolute Gasteiger partial charge is 0.241 e. The van der Waals surface area contributed by atoms with Gasteiger partial charge in [0.15, 0.2) is 0 Å². The minimum Gasteiger partial charge on any atom is -0.384 e. The molecule has 0 saturated heterocycles. The summed E-state index contributed by atoms with van der Waals surface area (Å²) in [5.74, 6) is 1.33. The lowest BCUT2D eigenvalue weighted by Gasteiger charge is -2.31. The minimum atomic E-state index is -3.50. The number of nitrogens with one attached hydrogen (secondary N) is 1. The number of nitrogens with zero attached hydrogens (tertiary/aromatic N) is 1. The molecule has 106 valence electrons. The summed E-state index contributed by atoms with van der Waals surface area (Å²) >= 11 is 0. The molecule has 0 amide bonds. The monoisotopic (exact) mass is 283 g/mol. The van der Waals surface area contributed by atoms with Crippen molar-refractivity contribution in [1.82, 2.24) is 9.71 Å². The normalized spacial score (nSPS) is 28.2. The lowest BCUT2D eigenvalue weighted by molar-refractivity contribution is 0.257. The fourth-order valence-corrected chi connectivity index (χ4v) is 4.21. The van der Waals surface area contributed by atoms with Gasteiger partial charge >= 0.3 is 0 Å². The molecule has 19 heavy (non-hydrogen) atoms. The molecule has 0 spiro atoms. The van der Waals surface area contributed by atoms with Crippen LogP contribution in [0.15, 0.2) is 23.2 Å². The summed E-state index contributed by atoms with van der Waals surface area (Å²) in [6.45, 7) is 4.34. The second-order valence-corrected chi connectivity index (χ2v) is 7.37. The molecule has 2 atom stereocenters. The van der Waals surface area contributed by atoms with E-state index in [1.54, 1.807) is 0 Å². The van der Waals surface area contributed by atoms with Crippen LogP contribution in [0.25, 0.3) is 0 Å². The molecule has 1 aromatic rings. The Bertz CT molecular complexity index is 535. The van der Waals surface area contributed by atoms with Crippen molar-refractivity contribution in [2.45, 2.75) is 44.0 Å². The van der Waals surface area contributed by atoms with Crippen molar-refractivity contribution in [1.29, 1.82) is 0 Å². The van der Waals surface area contributed by atoms with E-state index in [-0.39, 0.29) is 16.8 Å². The summed E-state index contributed by atoms with van der Waals surface area (Å²) in [7, 11) is -3.50. The number of hydrogen-bond acceptors (Lipinski definition) is 4. The maximum Gasteiger partial charge on any atom is 0.241 e. The van der Waals surface area contributed by atoms with E-state index < -0.39 is 10.0 Å². The van der Waals surface area contributed by atoms with Crippen molar-refractivity contribution in [3.63, 3.8) is 0 Å². The van der Waals surface area contributed by atoms with Gasteiger partial charge < -0.3 is 5.73 Å². The highest BCUT2D eigenvalue weighted by molar-refractivity contribution is 7.89. The Balaban J connectivity index is 2.13. The van der Waals surface area contributed by atoms with Crippen LogP contribution in [0.2, 0.25) is 0 Å². The third-order valence-corrected chi connectivity index (χ3v) is 5.08. The second-order valence-electron chi connectivity index (χ2n) is 5.65. The van der Waals surface area contributed by atoms with Crippen LogP contribution in [0, 0.1) is 11.8 Å². The number of nitrogen functional groups attached to an aromatic ring is 1. The zero-order valence-corrected chi connectivity index (χ0v) is 12.2. The number of aromatic nitrogens is 1. The molecule has 1 aromatic heterocycles. The minimum absolute atomic E-state index is 0.0122. The van der Waals surface area contributed by atoms with Crippen molar-refractivity contribution in [2.24, 2.45) is 11.8 Å². The van der Waals surface area contributed by atoms with Gasteiger partial charge in [-0.15, -0.1) is 0 Å². The Labute approximate surface area is 114 Å². The number of rotatable bonds is 3. The Morgan fingerprint density at radius 1 is 1.26 bits per heavy atom. The Morgan fingerprint density at radius 2 is 1.89 bits per heavy atom. The molecular formula is C13H21N3O2S. The number of anilines is 1. The van der Waals surface area contributed by atoms with Crippen molar-refractivity contribution in [2.75, 3.05) is 5.73 Å². The van der Waals surface area contributed by atoms with E-state index in [4.69, 9.17) is 5.73 Å². The lowest BCUT2D eigenvalue weighted by atomic mass is 9.81. The molecule has 1 fully saturated rings. The predicted octanol–water partition coefficient (Wildman–Crippen LogP) is 1.77. The standard InChI is InChI=1S/C13H21N3O2S/c1-9-5-10(2)7-11(6-9)16-19(17,18)12-3-4-15-13(14)8-12/h3-4,8-11,16H,5-7H2,1-2H3,(H2,14,15). The van der Waals surface area contributed by atoms with Crippen LogP contribution in [0.4, 0.5) is 5.82 Å². The Morgan fingerprint density at radius 3 is 2.47 bits per heavy atom. The molecule has 3 N–H and O–H groups in total. The molecule has 5 nitrogen and oxygen atoms in total. The van der Waals surface area contributed by atoms with Crippen LogP contribution in [0.5, 0.6) is 0 Å². The topological polar surface area (TPSA) is 85.1 Å². The average molecular weight is 283 g/mol. The van der Waals surface area contributed by atoms with E-state index in [1.807, 2.05) is 0 Å². The van der Waals surface area contributed by atoms with Crippen molar-refractivity contribution in [3.05, 3.63) is 18.3 Å². The van der Waals surface area contributed by atoms with Crippen molar-refractivity contribution >= 4 is 15.8 Å². The highest BCUT2D eigenvalue weighted by Crippen LogP contribution is 2.29. The molecule has 0 radical (unpaired) electrons. The summed E-state index contributed by atoms with van der Waals surface area (Å²) in [5, 5.41) is 0. The highest BCUT2D eigenvalue weighted by Gasteiger charge is 2.28. The van der Waals surface area contributed by atoms with Gasteiger partial charge in [0.2, 0.25) is 10.0 Å². The average Bonchev–Trinajstić information content (AvgIpc) is 2.26. The summed E-state index contributed by atoms with van der Waals surface area (Å²) in [6, 6.07) is 2.87.